The van der Waals surface area contributed by atoms with E-state index < -0.39 is 0 Å². The fraction of sp³-hybridized carbons (Fsp3) is 0.750. The Kier molecular flexibility index (Phi) is 6.49. The van der Waals surface area contributed by atoms with Gasteiger partial charge < -0.3 is 10.6 Å². The van der Waals surface area contributed by atoms with Crippen LogP contribution in [0.4, 0.5) is 0 Å². The zero-order chi connectivity index (χ0) is 15.1. The van der Waals surface area contributed by atoms with Crippen molar-refractivity contribution >= 4 is 17.3 Å². The second-order valence-corrected chi connectivity index (χ2v) is 7.19. The lowest BCUT2D eigenvalue weighted by molar-refractivity contribution is 0.282. The van der Waals surface area contributed by atoms with E-state index in [1.54, 1.807) is 11.3 Å². The highest BCUT2D eigenvalue weighted by Crippen LogP contribution is 2.27. The van der Waals surface area contributed by atoms with E-state index >= 15 is 0 Å². The molecule has 1 aromatic rings. The number of hydrogen-bond donors (Lipinski definition) is 2. The van der Waals surface area contributed by atoms with E-state index in [1.807, 2.05) is 14.0 Å². The molecule has 0 spiro atoms. The molecule has 5 heteroatoms. The maximum atomic E-state index is 4.48. The lowest BCUT2D eigenvalue weighted by Gasteiger charge is -2.27. The molecule has 4 nitrogen and oxygen atoms in total. The topological polar surface area (TPSA) is 49.3 Å². The Morgan fingerprint density at radius 3 is 2.95 bits per heavy atom. The lowest BCUT2D eigenvalue weighted by Crippen LogP contribution is -2.41. The summed E-state index contributed by atoms with van der Waals surface area (Å²) in [6, 6.07) is 0. The SMILES string of the molecule is CN=C(NCCc1csc(C)n1)NCC1CCCC(C)C1. The maximum absolute atomic E-state index is 4.48. The number of hydrogen-bond acceptors (Lipinski definition) is 3. The molecule has 1 fully saturated rings. The van der Waals surface area contributed by atoms with E-state index in [2.05, 4.69) is 32.9 Å². The molecule has 1 aliphatic carbocycles. The van der Waals surface area contributed by atoms with Gasteiger partial charge in [-0.2, -0.15) is 0 Å². The minimum Gasteiger partial charge on any atom is -0.356 e. The highest BCUT2D eigenvalue weighted by atomic mass is 32.1. The molecule has 21 heavy (non-hydrogen) atoms. The Morgan fingerprint density at radius 1 is 1.43 bits per heavy atom. The quantitative estimate of drug-likeness (QED) is 0.649. The van der Waals surface area contributed by atoms with Gasteiger partial charge >= 0.3 is 0 Å². The second kappa shape index (κ2) is 8.37. The van der Waals surface area contributed by atoms with Crippen molar-refractivity contribution in [3.05, 3.63) is 16.1 Å². The summed E-state index contributed by atoms with van der Waals surface area (Å²) in [4.78, 5) is 8.78. The van der Waals surface area contributed by atoms with E-state index in [-0.39, 0.29) is 0 Å². The van der Waals surface area contributed by atoms with Crippen molar-refractivity contribution in [1.29, 1.82) is 0 Å². The van der Waals surface area contributed by atoms with E-state index in [9.17, 15) is 0 Å². The number of guanidine groups is 1. The first kappa shape index (κ1) is 16.3. The van der Waals surface area contributed by atoms with Gasteiger partial charge in [-0.15, -0.1) is 11.3 Å². The number of rotatable bonds is 5. The summed E-state index contributed by atoms with van der Waals surface area (Å²) in [5.74, 6) is 2.60. The third-order valence-corrected chi connectivity index (χ3v) is 4.99. The molecule has 2 N–H and O–H groups in total. The fourth-order valence-electron chi connectivity index (χ4n) is 3.04. The molecule has 0 aromatic carbocycles. The summed E-state index contributed by atoms with van der Waals surface area (Å²) in [6.07, 6.45) is 6.43. The van der Waals surface area contributed by atoms with Crippen molar-refractivity contribution in [2.45, 2.75) is 46.0 Å². The molecule has 0 aliphatic heterocycles. The first-order valence-corrected chi connectivity index (χ1v) is 8.91. The van der Waals surface area contributed by atoms with E-state index in [0.29, 0.717) is 0 Å². The minimum atomic E-state index is 0.800. The molecule has 1 aromatic heterocycles. The van der Waals surface area contributed by atoms with Gasteiger partial charge in [0.15, 0.2) is 5.96 Å². The van der Waals surface area contributed by atoms with Crippen LogP contribution in [0.5, 0.6) is 0 Å². The first-order valence-electron chi connectivity index (χ1n) is 8.03. The van der Waals surface area contributed by atoms with Crippen molar-refractivity contribution in [3.63, 3.8) is 0 Å². The minimum absolute atomic E-state index is 0.800. The van der Waals surface area contributed by atoms with Crippen LogP contribution < -0.4 is 10.6 Å². The summed E-state index contributed by atoms with van der Waals surface area (Å²) >= 11 is 1.71. The number of thiazole rings is 1. The van der Waals surface area contributed by atoms with Gasteiger partial charge in [-0.1, -0.05) is 19.8 Å². The van der Waals surface area contributed by atoms with Crippen LogP contribution in [0.3, 0.4) is 0 Å². The van der Waals surface area contributed by atoms with Crippen LogP contribution in [0.2, 0.25) is 0 Å². The highest BCUT2D eigenvalue weighted by Gasteiger charge is 2.18. The highest BCUT2D eigenvalue weighted by molar-refractivity contribution is 7.09. The molecule has 2 unspecified atom stereocenters. The normalized spacial score (nSPS) is 23.1. The van der Waals surface area contributed by atoms with Crippen LogP contribution in [0.25, 0.3) is 0 Å². The van der Waals surface area contributed by atoms with Crippen LogP contribution in [-0.4, -0.2) is 31.1 Å². The van der Waals surface area contributed by atoms with Crippen molar-refractivity contribution in [2.75, 3.05) is 20.1 Å². The van der Waals surface area contributed by atoms with Gasteiger partial charge in [-0.3, -0.25) is 4.99 Å². The van der Waals surface area contributed by atoms with Crippen LogP contribution in [0.1, 0.15) is 43.3 Å². The van der Waals surface area contributed by atoms with Gasteiger partial charge in [0, 0.05) is 31.9 Å². The van der Waals surface area contributed by atoms with E-state index in [4.69, 9.17) is 0 Å². The number of aliphatic imine (C=N–C) groups is 1. The summed E-state index contributed by atoms with van der Waals surface area (Å²) in [5.41, 5.74) is 1.17. The number of aromatic nitrogens is 1. The monoisotopic (exact) mass is 308 g/mol. The molecule has 2 atom stereocenters. The van der Waals surface area contributed by atoms with Crippen molar-refractivity contribution in [1.82, 2.24) is 15.6 Å². The summed E-state index contributed by atoms with van der Waals surface area (Å²) < 4.78 is 0. The lowest BCUT2D eigenvalue weighted by atomic mass is 9.82. The van der Waals surface area contributed by atoms with Gasteiger partial charge in [-0.05, 0) is 31.6 Å². The van der Waals surface area contributed by atoms with Crippen molar-refractivity contribution in [3.8, 4) is 0 Å². The van der Waals surface area contributed by atoms with Gasteiger partial charge in [0.2, 0.25) is 0 Å². The molecule has 0 amide bonds. The van der Waals surface area contributed by atoms with Gasteiger partial charge in [-0.25, -0.2) is 4.98 Å². The molecular weight excluding hydrogens is 280 g/mol. The average molecular weight is 308 g/mol. The molecule has 1 heterocycles. The third kappa shape index (κ3) is 5.65. The van der Waals surface area contributed by atoms with Crippen LogP contribution in [0, 0.1) is 18.8 Å². The smallest absolute Gasteiger partial charge is 0.190 e. The molecule has 1 saturated carbocycles. The van der Waals surface area contributed by atoms with Gasteiger partial charge in [0.05, 0.1) is 10.7 Å². The van der Waals surface area contributed by atoms with Crippen molar-refractivity contribution < 1.29 is 0 Å². The predicted octanol–water partition coefficient (Wildman–Crippen LogP) is 2.99. The maximum Gasteiger partial charge on any atom is 0.190 e. The summed E-state index contributed by atoms with van der Waals surface area (Å²) in [7, 11) is 1.84. The van der Waals surface area contributed by atoms with Gasteiger partial charge in [0.1, 0.15) is 0 Å². The number of nitrogens with one attached hydrogen (secondary N) is 2. The van der Waals surface area contributed by atoms with Crippen LogP contribution in [-0.2, 0) is 6.42 Å². The van der Waals surface area contributed by atoms with Crippen molar-refractivity contribution in [2.24, 2.45) is 16.8 Å². The molecule has 0 saturated heterocycles. The Bertz CT molecular complexity index is 455. The summed E-state index contributed by atoms with van der Waals surface area (Å²) in [5, 5.41) is 10.1. The fourth-order valence-corrected chi connectivity index (χ4v) is 3.69. The zero-order valence-corrected chi connectivity index (χ0v) is 14.3. The number of nitrogens with zero attached hydrogens (tertiary/aromatic N) is 2. The summed E-state index contributed by atoms with van der Waals surface area (Å²) in [6.45, 7) is 6.34. The molecule has 0 radical (unpaired) electrons. The molecule has 118 valence electrons. The average Bonchev–Trinajstić information content (AvgIpc) is 2.88. The Balaban J connectivity index is 1.66. The third-order valence-electron chi connectivity index (χ3n) is 4.17. The first-order chi connectivity index (χ1) is 10.2. The molecule has 1 aliphatic rings. The van der Waals surface area contributed by atoms with Crippen LogP contribution >= 0.6 is 11.3 Å². The predicted molar refractivity (Wildman–Crippen MR) is 91.0 cm³/mol. The van der Waals surface area contributed by atoms with Gasteiger partial charge in [0.25, 0.3) is 0 Å². The second-order valence-electron chi connectivity index (χ2n) is 6.13. The van der Waals surface area contributed by atoms with Crippen LogP contribution in [0.15, 0.2) is 10.4 Å². The molecular formula is C16H28N4S. The molecule has 0 bridgehead atoms. The van der Waals surface area contributed by atoms with E-state index in [1.165, 1.54) is 31.4 Å². The molecule has 2 rings (SSSR count). The Labute approximate surface area is 132 Å². The Hall–Kier alpha value is -1.10. The standard InChI is InChI=1S/C16H28N4S/c1-12-5-4-6-14(9-12)10-19-16(17-3)18-8-7-15-11-21-13(2)20-15/h11-12,14H,4-10H2,1-3H3,(H2,17,18,19). The van der Waals surface area contributed by atoms with E-state index in [0.717, 1.165) is 42.3 Å². The number of aryl methyl sites for hydroxylation is 1. The zero-order valence-electron chi connectivity index (χ0n) is 13.5. The largest absolute Gasteiger partial charge is 0.356 e. The Morgan fingerprint density at radius 2 is 2.29 bits per heavy atom.